The van der Waals surface area contributed by atoms with Crippen LogP contribution in [-0.2, 0) is 10.0 Å². The smallest absolute Gasteiger partial charge is 0.241 e. The highest BCUT2D eigenvalue weighted by Crippen LogP contribution is 2.26. The molecule has 0 saturated heterocycles. The second kappa shape index (κ2) is 3.77. The topological polar surface area (TPSA) is 72.2 Å². The summed E-state index contributed by atoms with van der Waals surface area (Å²) in [4.78, 5) is 0.187. The van der Waals surface area contributed by atoms with E-state index in [4.69, 9.17) is 5.73 Å². The molecule has 0 fully saturated rings. The third-order valence-corrected chi connectivity index (χ3v) is 3.71. The maximum absolute atomic E-state index is 11.7. The lowest BCUT2D eigenvalue weighted by molar-refractivity contribution is 0.591. The predicted molar refractivity (Wildman–Crippen MR) is 64.0 cm³/mol. The third kappa shape index (κ3) is 1.64. The molecule has 2 aromatic rings. The molecule has 1 radical (unpaired) electrons. The lowest BCUT2D eigenvalue weighted by Crippen LogP contribution is -2.16. The van der Waals surface area contributed by atoms with Crippen molar-refractivity contribution in [2.24, 2.45) is 0 Å². The summed E-state index contributed by atoms with van der Waals surface area (Å²) in [5, 5.41) is 1.32. The first-order chi connectivity index (χ1) is 7.56. The van der Waals surface area contributed by atoms with Crippen LogP contribution in [0.15, 0.2) is 41.3 Å². The molecule has 5 heteroatoms. The maximum Gasteiger partial charge on any atom is 0.241 e. The van der Waals surface area contributed by atoms with Crippen molar-refractivity contribution in [2.45, 2.75) is 4.90 Å². The van der Waals surface area contributed by atoms with E-state index in [0.717, 1.165) is 5.39 Å². The van der Waals surface area contributed by atoms with E-state index < -0.39 is 10.0 Å². The van der Waals surface area contributed by atoms with Crippen molar-refractivity contribution in [3.8, 4) is 0 Å². The van der Waals surface area contributed by atoms with Gasteiger partial charge in [0.05, 0.1) is 4.90 Å². The van der Waals surface area contributed by atoms with Crippen molar-refractivity contribution in [3.63, 3.8) is 0 Å². The monoisotopic (exact) mass is 235 g/mol. The standard InChI is InChI=1S/C11H11N2O2S/c1-13-16(14,15)11-7-3-4-8-9(11)5-2-6-10(8)12/h2-7,13H,1,12H2. The van der Waals surface area contributed by atoms with Crippen molar-refractivity contribution in [3.05, 3.63) is 43.4 Å². The van der Waals surface area contributed by atoms with Gasteiger partial charge in [-0.3, -0.25) is 0 Å². The van der Waals surface area contributed by atoms with Gasteiger partial charge in [-0.1, -0.05) is 24.3 Å². The first kappa shape index (κ1) is 10.9. The number of benzene rings is 2. The highest BCUT2D eigenvalue weighted by molar-refractivity contribution is 7.89. The van der Waals surface area contributed by atoms with E-state index in [1.54, 1.807) is 30.3 Å². The molecule has 0 aromatic heterocycles. The number of rotatable bonds is 2. The fraction of sp³-hybridized carbons (Fsp3) is 0. The SMILES string of the molecule is [CH2]NS(=O)(=O)c1cccc2c(N)cccc12. The van der Waals surface area contributed by atoms with Gasteiger partial charge in [-0.2, -0.15) is 0 Å². The molecule has 0 saturated carbocycles. The highest BCUT2D eigenvalue weighted by atomic mass is 32.2. The van der Waals surface area contributed by atoms with Crippen molar-refractivity contribution >= 4 is 26.5 Å². The van der Waals surface area contributed by atoms with Crippen LogP contribution in [0.2, 0.25) is 0 Å². The summed E-state index contributed by atoms with van der Waals surface area (Å²) in [6, 6.07) is 10.1. The fourth-order valence-electron chi connectivity index (χ4n) is 1.62. The molecule has 2 rings (SSSR count). The molecule has 4 nitrogen and oxygen atoms in total. The van der Waals surface area contributed by atoms with Crippen LogP contribution >= 0.6 is 0 Å². The number of nitrogens with two attached hydrogens (primary N) is 1. The Labute approximate surface area is 94.1 Å². The van der Waals surface area contributed by atoms with Crippen LogP contribution in [-0.4, -0.2) is 8.42 Å². The van der Waals surface area contributed by atoms with Gasteiger partial charge in [0, 0.05) is 23.5 Å². The van der Waals surface area contributed by atoms with E-state index in [0.29, 0.717) is 11.1 Å². The van der Waals surface area contributed by atoms with E-state index in [2.05, 4.69) is 11.8 Å². The van der Waals surface area contributed by atoms with Crippen LogP contribution < -0.4 is 10.5 Å². The molecule has 0 atom stereocenters. The second-order valence-corrected chi connectivity index (χ2v) is 5.08. The Bertz CT molecular complexity index is 635. The summed E-state index contributed by atoms with van der Waals surface area (Å²) in [6.07, 6.45) is 0. The van der Waals surface area contributed by atoms with Gasteiger partial charge in [0.25, 0.3) is 0 Å². The van der Waals surface area contributed by atoms with Crippen molar-refractivity contribution in [2.75, 3.05) is 5.73 Å². The first-order valence-electron chi connectivity index (χ1n) is 4.62. The average Bonchev–Trinajstić information content (AvgIpc) is 2.29. The molecule has 0 aliphatic heterocycles. The molecule has 2 aromatic carbocycles. The normalized spacial score (nSPS) is 11.8. The number of fused-ring (bicyclic) bond motifs is 1. The molecule has 0 heterocycles. The Hall–Kier alpha value is -1.59. The summed E-state index contributed by atoms with van der Waals surface area (Å²) in [7, 11) is -0.364. The van der Waals surface area contributed by atoms with Gasteiger partial charge < -0.3 is 5.73 Å². The molecular formula is C11H11N2O2S. The van der Waals surface area contributed by atoms with E-state index >= 15 is 0 Å². The molecular weight excluding hydrogens is 224 g/mol. The number of nitrogen functional groups attached to an aromatic ring is 1. The second-order valence-electron chi connectivity index (χ2n) is 3.35. The van der Waals surface area contributed by atoms with Gasteiger partial charge in [0.2, 0.25) is 10.0 Å². The summed E-state index contributed by atoms with van der Waals surface area (Å²) in [6.45, 7) is 0. The molecule has 83 valence electrons. The zero-order valence-electron chi connectivity index (χ0n) is 8.47. The quantitative estimate of drug-likeness (QED) is 0.775. The van der Waals surface area contributed by atoms with Gasteiger partial charge in [0.1, 0.15) is 0 Å². The van der Waals surface area contributed by atoms with Gasteiger partial charge in [-0.15, -0.1) is 0 Å². The van der Waals surface area contributed by atoms with Crippen molar-refractivity contribution < 1.29 is 8.42 Å². The Balaban J connectivity index is 2.88. The molecule has 3 N–H and O–H groups in total. The van der Waals surface area contributed by atoms with E-state index in [9.17, 15) is 8.42 Å². The minimum absolute atomic E-state index is 0.187. The number of anilines is 1. The lowest BCUT2D eigenvalue weighted by Gasteiger charge is -2.08. The van der Waals surface area contributed by atoms with Crippen LogP contribution in [0, 0.1) is 7.05 Å². The Morgan fingerprint density at radius 1 is 1.06 bits per heavy atom. The fourth-order valence-corrected chi connectivity index (χ4v) is 2.50. The molecule has 0 aliphatic rings. The van der Waals surface area contributed by atoms with Crippen molar-refractivity contribution in [1.29, 1.82) is 0 Å². The van der Waals surface area contributed by atoms with Crippen LogP contribution in [0.4, 0.5) is 5.69 Å². The highest BCUT2D eigenvalue weighted by Gasteiger charge is 2.15. The van der Waals surface area contributed by atoms with Crippen LogP contribution in [0.3, 0.4) is 0 Å². The zero-order chi connectivity index (χ0) is 11.8. The van der Waals surface area contributed by atoms with E-state index in [-0.39, 0.29) is 4.90 Å². The largest absolute Gasteiger partial charge is 0.398 e. The predicted octanol–water partition coefficient (Wildman–Crippen LogP) is 1.49. The Morgan fingerprint density at radius 3 is 2.38 bits per heavy atom. The van der Waals surface area contributed by atoms with Crippen LogP contribution in [0.5, 0.6) is 0 Å². The van der Waals surface area contributed by atoms with Gasteiger partial charge in [0.15, 0.2) is 0 Å². The van der Waals surface area contributed by atoms with E-state index in [1.165, 1.54) is 6.07 Å². The van der Waals surface area contributed by atoms with Crippen LogP contribution in [0.1, 0.15) is 0 Å². The molecule has 0 aliphatic carbocycles. The molecule has 0 spiro atoms. The third-order valence-electron chi connectivity index (χ3n) is 2.40. The molecule has 0 amide bonds. The van der Waals surface area contributed by atoms with Gasteiger partial charge in [-0.25, -0.2) is 13.1 Å². The summed E-state index contributed by atoms with van der Waals surface area (Å²) in [5.41, 5.74) is 6.33. The summed E-state index contributed by atoms with van der Waals surface area (Å²) < 4.78 is 25.5. The molecule has 0 bridgehead atoms. The number of nitrogens with one attached hydrogen (secondary N) is 1. The minimum Gasteiger partial charge on any atom is -0.398 e. The summed E-state index contributed by atoms with van der Waals surface area (Å²) in [5.74, 6) is 0. The number of sulfonamides is 1. The molecule has 0 unspecified atom stereocenters. The number of hydrogen-bond donors (Lipinski definition) is 2. The first-order valence-corrected chi connectivity index (χ1v) is 6.11. The Morgan fingerprint density at radius 2 is 1.69 bits per heavy atom. The van der Waals surface area contributed by atoms with Gasteiger partial charge in [-0.05, 0) is 12.1 Å². The zero-order valence-corrected chi connectivity index (χ0v) is 9.29. The van der Waals surface area contributed by atoms with Crippen LogP contribution in [0.25, 0.3) is 10.8 Å². The number of hydrogen-bond acceptors (Lipinski definition) is 3. The average molecular weight is 235 g/mol. The lowest BCUT2D eigenvalue weighted by atomic mass is 10.1. The van der Waals surface area contributed by atoms with Crippen molar-refractivity contribution in [1.82, 2.24) is 4.72 Å². The van der Waals surface area contributed by atoms with E-state index in [1.807, 2.05) is 0 Å². The molecule has 16 heavy (non-hydrogen) atoms. The Kier molecular flexibility index (Phi) is 2.57. The summed E-state index contributed by atoms with van der Waals surface area (Å²) >= 11 is 0. The maximum atomic E-state index is 11.7. The minimum atomic E-state index is -3.56. The van der Waals surface area contributed by atoms with Gasteiger partial charge >= 0.3 is 0 Å².